The minimum absolute atomic E-state index is 0.126. The van der Waals surface area contributed by atoms with Crippen molar-refractivity contribution in [2.75, 3.05) is 18.1 Å². The maximum atomic E-state index is 15.1. The largest absolute Gasteiger partial charge is 0.491 e. The predicted molar refractivity (Wildman–Crippen MR) is 197 cm³/mol. The van der Waals surface area contributed by atoms with Crippen molar-refractivity contribution in [1.29, 1.82) is 0 Å². The number of carbonyl (C=O) groups is 4. The van der Waals surface area contributed by atoms with Crippen molar-refractivity contribution in [2.45, 2.75) is 24.2 Å². The number of allylic oxidation sites excluding steroid dienone is 4. The maximum Gasteiger partial charge on any atom is 0.238 e. The molecule has 1 aliphatic heterocycles. The molecule has 0 unspecified atom stereocenters. The average Bonchev–Trinajstić information content (AvgIpc) is 3.41. The van der Waals surface area contributed by atoms with Crippen molar-refractivity contribution >= 4 is 57.2 Å². The molecule has 1 N–H and O–H groups in total. The van der Waals surface area contributed by atoms with Crippen molar-refractivity contribution in [3.05, 3.63) is 147 Å². The van der Waals surface area contributed by atoms with Crippen molar-refractivity contribution in [2.24, 2.45) is 23.7 Å². The summed E-state index contributed by atoms with van der Waals surface area (Å²) in [4.78, 5) is 60.0. The summed E-state index contributed by atoms with van der Waals surface area (Å²) in [5.74, 6) is -3.28. The molecule has 8 rings (SSSR count). The van der Waals surface area contributed by atoms with Crippen LogP contribution < -0.4 is 9.64 Å². The van der Waals surface area contributed by atoms with E-state index in [9.17, 15) is 14.7 Å². The average molecular weight is 776 g/mol. The summed E-state index contributed by atoms with van der Waals surface area (Å²) >= 11 is 2.20. The zero-order chi connectivity index (χ0) is 34.6. The van der Waals surface area contributed by atoms with Crippen LogP contribution in [0, 0.1) is 27.2 Å². The number of aliphatic hydroxyl groups excluding tert-OH is 1. The van der Waals surface area contributed by atoms with Gasteiger partial charge in [-0.15, -0.1) is 0 Å². The van der Waals surface area contributed by atoms with Crippen LogP contribution in [-0.2, 0) is 24.6 Å². The SMILES string of the molecule is O=C1C(c2ccccc2)=CC(=O)[C@@]2(c3ccccc3)[C@@H](c3ccc(OCCO)cc3)C3=CC[C@@H]4C(=O)N(c5ccc(I)cc5)C(=O)[C@@H]4[C@@H]3C[C@@H]12. The standard InChI is InChI=1S/C42H34INO6/c43-28-13-15-29(16-14-28)44-40(48)32-20-19-31-34(37(32)41(44)49)23-35-39(47)33(25-7-3-1-4-8-25)24-36(46)42(35,27-9-5-2-6-10-27)38(31)26-11-17-30(18-12-26)50-22-21-45/h1-19,24,32,34-35,37-38,45H,20-23H2/t32-,34+,35-,37-,38-,42-/m0/s1. The van der Waals surface area contributed by atoms with Crippen LogP contribution in [-0.4, -0.2) is 41.7 Å². The lowest BCUT2D eigenvalue weighted by Gasteiger charge is -2.55. The Balaban J connectivity index is 1.33. The fourth-order valence-electron chi connectivity index (χ4n) is 9.01. The lowest BCUT2D eigenvalue weighted by atomic mass is 9.44. The van der Waals surface area contributed by atoms with Crippen LogP contribution in [0.1, 0.15) is 35.4 Å². The molecule has 4 aromatic rings. The van der Waals surface area contributed by atoms with Gasteiger partial charge in [0.05, 0.1) is 29.5 Å². The molecule has 2 amide bonds. The number of hydrogen-bond acceptors (Lipinski definition) is 6. The molecule has 8 heteroatoms. The first-order valence-corrected chi connectivity index (χ1v) is 18.0. The summed E-state index contributed by atoms with van der Waals surface area (Å²) in [5.41, 5.74) is 2.77. The van der Waals surface area contributed by atoms with Gasteiger partial charge < -0.3 is 9.84 Å². The number of carbonyl (C=O) groups excluding carboxylic acids is 4. The van der Waals surface area contributed by atoms with Gasteiger partial charge in [0.25, 0.3) is 0 Å². The lowest BCUT2D eigenvalue weighted by molar-refractivity contribution is -0.135. The fraction of sp³-hybridized carbons (Fsp3) is 0.238. The van der Waals surface area contributed by atoms with Crippen LogP contribution in [0.5, 0.6) is 5.75 Å². The molecule has 0 bridgehead atoms. The van der Waals surface area contributed by atoms with E-state index >= 15 is 9.59 Å². The highest BCUT2D eigenvalue weighted by molar-refractivity contribution is 14.1. The molecule has 1 saturated heterocycles. The van der Waals surface area contributed by atoms with E-state index in [0.29, 0.717) is 29.0 Å². The number of Topliss-reactive ketones (excluding diaryl/α,β-unsaturated/α-hetero) is 1. The number of benzene rings is 4. The van der Waals surface area contributed by atoms with E-state index in [0.717, 1.165) is 20.3 Å². The van der Waals surface area contributed by atoms with E-state index in [2.05, 4.69) is 28.7 Å². The normalized spacial score (nSPS) is 27.2. The van der Waals surface area contributed by atoms with E-state index in [-0.39, 0.29) is 43.0 Å². The number of hydrogen-bond donors (Lipinski definition) is 1. The molecule has 3 aliphatic carbocycles. The van der Waals surface area contributed by atoms with Gasteiger partial charge in [-0.1, -0.05) is 84.4 Å². The molecular weight excluding hydrogens is 741 g/mol. The van der Waals surface area contributed by atoms with Gasteiger partial charge in [-0.25, -0.2) is 0 Å². The summed E-state index contributed by atoms with van der Waals surface area (Å²) in [5, 5.41) is 9.32. The summed E-state index contributed by atoms with van der Waals surface area (Å²) in [6, 6.07) is 33.7. The number of imide groups is 1. The Kier molecular flexibility index (Phi) is 8.39. The Hall–Kier alpha value is -4.67. The predicted octanol–water partition coefficient (Wildman–Crippen LogP) is 6.69. The Morgan fingerprint density at radius 1 is 0.800 bits per heavy atom. The highest BCUT2D eigenvalue weighted by Crippen LogP contribution is 2.63. The van der Waals surface area contributed by atoms with Gasteiger partial charge in [-0.2, -0.15) is 0 Å². The number of nitrogens with zero attached hydrogens (tertiary/aromatic N) is 1. The maximum absolute atomic E-state index is 15.1. The number of ketones is 2. The second-order valence-electron chi connectivity index (χ2n) is 13.4. The monoisotopic (exact) mass is 775 g/mol. The van der Waals surface area contributed by atoms with Crippen LogP contribution in [0.4, 0.5) is 5.69 Å². The molecule has 1 heterocycles. The molecule has 0 radical (unpaired) electrons. The van der Waals surface area contributed by atoms with Gasteiger partial charge in [0.15, 0.2) is 11.6 Å². The zero-order valence-electron chi connectivity index (χ0n) is 27.1. The lowest BCUT2D eigenvalue weighted by Crippen LogP contribution is -2.58. The Morgan fingerprint density at radius 2 is 1.48 bits per heavy atom. The number of amides is 2. The summed E-state index contributed by atoms with van der Waals surface area (Å²) in [6.45, 7) is 0.0152. The number of ether oxygens (including phenoxy) is 1. The van der Waals surface area contributed by atoms with E-state index in [1.54, 1.807) is 12.1 Å². The third-order valence-electron chi connectivity index (χ3n) is 11.0. The van der Waals surface area contributed by atoms with Crippen molar-refractivity contribution < 1.29 is 29.0 Å². The summed E-state index contributed by atoms with van der Waals surface area (Å²) in [6.07, 6.45) is 4.22. The zero-order valence-corrected chi connectivity index (χ0v) is 29.2. The third kappa shape index (κ3) is 5.02. The molecule has 4 aromatic carbocycles. The highest BCUT2D eigenvalue weighted by atomic mass is 127. The number of fused-ring (bicyclic) bond motifs is 4. The van der Waals surface area contributed by atoms with Crippen LogP contribution in [0.25, 0.3) is 5.57 Å². The number of rotatable bonds is 7. The van der Waals surface area contributed by atoms with Gasteiger partial charge in [0.1, 0.15) is 12.4 Å². The third-order valence-corrected chi connectivity index (χ3v) is 11.8. The van der Waals surface area contributed by atoms with Gasteiger partial charge >= 0.3 is 0 Å². The molecule has 7 nitrogen and oxygen atoms in total. The summed E-state index contributed by atoms with van der Waals surface area (Å²) < 4.78 is 6.68. The van der Waals surface area contributed by atoms with E-state index < -0.39 is 35.0 Å². The Morgan fingerprint density at radius 3 is 2.16 bits per heavy atom. The van der Waals surface area contributed by atoms with E-state index in [1.807, 2.05) is 97.1 Å². The molecule has 6 atom stereocenters. The van der Waals surface area contributed by atoms with Gasteiger partial charge in [0.2, 0.25) is 11.8 Å². The second-order valence-corrected chi connectivity index (χ2v) is 14.7. The smallest absolute Gasteiger partial charge is 0.238 e. The Labute approximate surface area is 303 Å². The van der Waals surface area contributed by atoms with Gasteiger partial charge in [0, 0.05) is 21.0 Å². The minimum atomic E-state index is -1.29. The van der Waals surface area contributed by atoms with Gasteiger partial charge in [-0.3, -0.25) is 24.1 Å². The van der Waals surface area contributed by atoms with Crippen LogP contribution in [0.15, 0.2) is 127 Å². The van der Waals surface area contributed by atoms with Crippen molar-refractivity contribution in [3.63, 3.8) is 0 Å². The first-order chi connectivity index (χ1) is 24.3. The first kappa shape index (κ1) is 32.5. The molecule has 0 spiro atoms. The second kappa shape index (κ2) is 12.9. The van der Waals surface area contributed by atoms with Crippen LogP contribution >= 0.6 is 22.6 Å². The van der Waals surface area contributed by atoms with Crippen LogP contribution in [0.2, 0.25) is 0 Å². The highest BCUT2D eigenvalue weighted by Gasteiger charge is 2.66. The fourth-order valence-corrected chi connectivity index (χ4v) is 9.37. The molecule has 0 aromatic heterocycles. The first-order valence-electron chi connectivity index (χ1n) is 16.9. The molecule has 4 aliphatic rings. The quantitative estimate of drug-likeness (QED) is 0.128. The molecule has 250 valence electrons. The van der Waals surface area contributed by atoms with Gasteiger partial charge in [-0.05, 0) is 101 Å². The topological polar surface area (TPSA) is 101 Å². The number of anilines is 1. The molecule has 2 fully saturated rings. The molecule has 1 saturated carbocycles. The van der Waals surface area contributed by atoms with Crippen LogP contribution in [0.3, 0.4) is 0 Å². The Bertz CT molecular complexity index is 2060. The number of halogens is 1. The van der Waals surface area contributed by atoms with Crippen molar-refractivity contribution in [1.82, 2.24) is 0 Å². The number of aliphatic hydroxyl groups is 1. The molecule has 50 heavy (non-hydrogen) atoms. The van der Waals surface area contributed by atoms with Crippen molar-refractivity contribution in [3.8, 4) is 5.75 Å². The molecular formula is C42H34INO6. The van der Waals surface area contributed by atoms with E-state index in [1.165, 1.54) is 11.0 Å². The minimum Gasteiger partial charge on any atom is -0.491 e. The summed E-state index contributed by atoms with van der Waals surface area (Å²) in [7, 11) is 0. The van der Waals surface area contributed by atoms with E-state index in [4.69, 9.17) is 4.74 Å².